The van der Waals surface area contributed by atoms with Gasteiger partial charge in [0.25, 0.3) is 0 Å². The largest absolute Gasteiger partial charge is 0.487 e. The first-order chi connectivity index (χ1) is 16.1. The number of rotatable bonds is 5. The smallest absolute Gasteiger partial charge is 0.339 e. The lowest BCUT2D eigenvalue weighted by atomic mass is 9.91. The molecule has 3 heterocycles. The summed E-state index contributed by atoms with van der Waals surface area (Å²) in [4.78, 5) is 31.9. The minimum Gasteiger partial charge on any atom is -0.487 e. The Morgan fingerprint density at radius 1 is 1.03 bits per heavy atom. The Labute approximate surface area is 192 Å². The van der Waals surface area contributed by atoms with Crippen LogP contribution in [0.1, 0.15) is 46.3 Å². The van der Waals surface area contributed by atoms with Crippen LogP contribution in [-0.4, -0.2) is 34.8 Å². The van der Waals surface area contributed by atoms with Gasteiger partial charge in [-0.15, -0.1) is 0 Å². The summed E-state index contributed by atoms with van der Waals surface area (Å²) in [6.45, 7) is 1.47. The summed E-state index contributed by atoms with van der Waals surface area (Å²) in [6.07, 6.45) is 5.73. The summed E-state index contributed by atoms with van der Waals surface area (Å²) < 4.78 is 11.6. The van der Waals surface area contributed by atoms with Crippen LogP contribution in [-0.2, 0) is 27.2 Å². The molecule has 166 valence electrons. The average molecular weight is 440 g/mol. The SMILES string of the molecule is O=C1O[C@]2(CCN(C(=O)C3(c4ccc(COc5cccnc5)cc4)CC3)C2)c2ccccc21. The van der Waals surface area contributed by atoms with Crippen LogP contribution in [0.15, 0.2) is 73.1 Å². The molecule has 1 amide bonds. The molecule has 1 saturated heterocycles. The number of carbonyl (C=O) groups excluding carboxylic acids is 2. The molecule has 0 unspecified atom stereocenters. The summed E-state index contributed by atoms with van der Waals surface area (Å²) >= 11 is 0. The fourth-order valence-corrected chi connectivity index (χ4v) is 5.18. The second-order valence-electron chi connectivity index (χ2n) is 9.16. The highest BCUT2D eigenvalue weighted by atomic mass is 16.6. The highest BCUT2D eigenvalue weighted by Crippen LogP contribution is 2.52. The van der Waals surface area contributed by atoms with Gasteiger partial charge in [0.2, 0.25) is 5.91 Å². The molecule has 0 radical (unpaired) electrons. The molecule has 3 aromatic rings. The number of aromatic nitrogens is 1. The average Bonchev–Trinajstić information content (AvgIpc) is 3.49. The van der Waals surface area contributed by atoms with Crippen molar-refractivity contribution in [1.29, 1.82) is 0 Å². The van der Waals surface area contributed by atoms with E-state index in [9.17, 15) is 9.59 Å². The number of pyridine rings is 1. The van der Waals surface area contributed by atoms with Crippen LogP contribution in [0.4, 0.5) is 0 Å². The Morgan fingerprint density at radius 2 is 1.85 bits per heavy atom. The normalized spacial score (nSPS) is 22.2. The van der Waals surface area contributed by atoms with E-state index in [1.54, 1.807) is 18.5 Å². The molecule has 1 atom stereocenters. The van der Waals surface area contributed by atoms with E-state index in [0.29, 0.717) is 31.7 Å². The number of ether oxygens (including phenoxy) is 2. The molecule has 2 aliphatic heterocycles. The molecule has 0 N–H and O–H groups in total. The third-order valence-electron chi connectivity index (χ3n) is 7.15. The van der Waals surface area contributed by atoms with Crippen molar-refractivity contribution in [2.75, 3.05) is 13.1 Å². The minimum atomic E-state index is -0.701. The van der Waals surface area contributed by atoms with Gasteiger partial charge in [-0.3, -0.25) is 9.78 Å². The number of hydrogen-bond donors (Lipinski definition) is 0. The van der Waals surface area contributed by atoms with E-state index >= 15 is 0 Å². The molecule has 6 rings (SSSR count). The summed E-state index contributed by atoms with van der Waals surface area (Å²) in [5.74, 6) is 0.580. The van der Waals surface area contributed by atoms with Crippen LogP contribution in [0.25, 0.3) is 0 Å². The van der Waals surface area contributed by atoms with E-state index in [0.717, 1.165) is 35.3 Å². The molecule has 2 fully saturated rings. The van der Waals surface area contributed by atoms with Gasteiger partial charge in [0, 0.05) is 24.7 Å². The summed E-state index contributed by atoms with van der Waals surface area (Å²) in [7, 11) is 0. The molecule has 3 aliphatic rings. The first-order valence-corrected chi connectivity index (χ1v) is 11.3. The van der Waals surface area contributed by atoms with Gasteiger partial charge < -0.3 is 14.4 Å². The number of hydrogen-bond acceptors (Lipinski definition) is 5. The van der Waals surface area contributed by atoms with Crippen LogP contribution in [0, 0.1) is 0 Å². The molecule has 6 nitrogen and oxygen atoms in total. The van der Waals surface area contributed by atoms with Crippen molar-refractivity contribution in [3.8, 4) is 5.75 Å². The van der Waals surface area contributed by atoms with Gasteiger partial charge in [0.1, 0.15) is 12.4 Å². The maximum atomic E-state index is 13.6. The van der Waals surface area contributed by atoms with Crippen molar-refractivity contribution < 1.29 is 19.1 Å². The summed E-state index contributed by atoms with van der Waals surface area (Å²) in [6, 6.07) is 19.4. The number of amides is 1. The van der Waals surface area contributed by atoms with Gasteiger partial charge >= 0.3 is 5.97 Å². The maximum absolute atomic E-state index is 13.6. The van der Waals surface area contributed by atoms with Crippen LogP contribution >= 0.6 is 0 Å². The predicted octanol–water partition coefficient (Wildman–Crippen LogP) is 3.99. The van der Waals surface area contributed by atoms with Crippen molar-refractivity contribution in [2.45, 2.75) is 36.9 Å². The van der Waals surface area contributed by atoms with Gasteiger partial charge in [-0.1, -0.05) is 42.5 Å². The molecule has 1 spiro atoms. The Hall–Kier alpha value is -3.67. The van der Waals surface area contributed by atoms with Crippen molar-refractivity contribution in [2.24, 2.45) is 0 Å². The van der Waals surface area contributed by atoms with E-state index in [1.165, 1.54) is 0 Å². The first kappa shape index (κ1) is 20.0. The zero-order chi connectivity index (χ0) is 22.5. The second-order valence-corrected chi connectivity index (χ2v) is 9.16. The fraction of sp³-hybridized carbons (Fsp3) is 0.296. The third kappa shape index (κ3) is 3.28. The number of fused-ring (bicyclic) bond motifs is 2. The van der Waals surface area contributed by atoms with Crippen LogP contribution < -0.4 is 4.74 Å². The van der Waals surface area contributed by atoms with Crippen molar-refractivity contribution in [1.82, 2.24) is 9.88 Å². The standard InChI is InChI=1S/C27H24N2O4/c30-24-22-5-1-2-6-23(22)27(33-24)13-15-29(18-27)25(31)26(11-12-26)20-9-7-19(8-10-20)17-32-21-4-3-14-28-16-21/h1-10,14,16H,11-13,15,17-18H2/t27-/m0/s1. The topological polar surface area (TPSA) is 68.7 Å². The van der Waals surface area contributed by atoms with Gasteiger partial charge in [-0.2, -0.15) is 0 Å². The maximum Gasteiger partial charge on any atom is 0.339 e. The molecule has 2 aromatic carbocycles. The van der Waals surface area contributed by atoms with E-state index < -0.39 is 11.0 Å². The quantitative estimate of drug-likeness (QED) is 0.561. The Morgan fingerprint density at radius 3 is 2.61 bits per heavy atom. The predicted molar refractivity (Wildman–Crippen MR) is 121 cm³/mol. The van der Waals surface area contributed by atoms with Crippen LogP contribution in [0.5, 0.6) is 5.75 Å². The highest BCUT2D eigenvalue weighted by Gasteiger charge is 2.57. The molecule has 1 aliphatic carbocycles. The van der Waals surface area contributed by atoms with Gasteiger partial charge in [-0.25, -0.2) is 4.79 Å². The highest BCUT2D eigenvalue weighted by molar-refractivity contribution is 5.96. The zero-order valence-electron chi connectivity index (χ0n) is 18.2. The Balaban J connectivity index is 1.16. The van der Waals surface area contributed by atoms with Crippen LogP contribution in [0.3, 0.4) is 0 Å². The van der Waals surface area contributed by atoms with E-state index in [1.807, 2.05) is 59.5 Å². The zero-order valence-corrected chi connectivity index (χ0v) is 18.2. The lowest BCUT2D eigenvalue weighted by molar-refractivity contribution is -0.134. The molecule has 1 saturated carbocycles. The molecule has 1 aromatic heterocycles. The van der Waals surface area contributed by atoms with E-state index in [4.69, 9.17) is 9.47 Å². The van der Waals surface area contributed by atoms with Crippen molar-refractivity contribution in [3.05, 3.63) is 95.3 Å². The Bertz CT molecular complexity index is 1220. The number of carbonyl (C=O) groups is 2. The molecule has 33 heavy (non-hydrogen) atoms. The third-order valence-corrected chi connectivity index (χ3v) is 7.15. The molecular formula is C27H24N2O4. The number of likely N-dealkylation sites (tertiary alicyclic amines) is 1. The monoisotopic (exact) mass is 440 g/mol. The van der Waals surface area contributed by atoms with Gasteiger partial charge in [0.05, 0.1) is 23.7 Å². The van der Waals surface area contributed by atoms with E-state index in [2.05, 4.69) is 4.98 Å². The number of benzene rings is 2. The van der Waals surface area contributed by atoms with E-state index in [-0.39, 0.29) is 11.9 Å². The van der Waals surface area contributed by atoms with Gasteiger partial charge in [0.15, 0.2) is 5.60 Å². The van der Waals surface area contributed by atoms with Crippen LogP contribution in [0.2, 0.25) is 0 Å². The molecular weight excluding hydrogens is 416 g/mol. The molecule has 0 bridgehead atoms. The molecule has 6 heteroatoms. The lowest BCUT2D eigenvalue weighted by Gasteiger charge is -2.27. The fourth-order valence-electron chi connectivity index (χ4n) is 5.18. The first-order valence-electron chi connectivity index (χ1n) is 11.3. The second kappa shape index (κ2) is 7.44. The number of nitrogens with zero attached hydrogens (tertiary/aromatic N) is 2. The van der Waals surface area contributed by atoms with Crippen molar-refractivity contribution in [3.63, 3.8) is 0 Å². The summed E-state index contributed by atoms with van der Waals surface area (Å²) in [5.41, 5.74) is 2.46. The van der Waals surface area contributed by atoms with Gasteiger partial charge in [-0.05, 0) is 42.2 Å². The summed E-state index contributed by atoms with van der Waals surface area (Å²) in [5, 5.41) is 0. The van der Waals surface area contributed by atoms with Crippen molar-refractivity contribution >= 4 is 11.9 Å². The minimum absolute atomic E-state index is 0.138. The Kier molecular flexibility index (Phi) is 4.50. The number of esters is 1. The lowest BCUT2D eigenvalue weighted by Crippen LogP contribution is -2.40.